The number of nitrogens with one attached hydrogen (secondary N) is 1. The van der Waals surface area contributed by atoms with E-state index in [1.165, 1.54) is 0 Å². The number of piperidine rings is 1. The Morgan fingerprint density at radius 1 is 1.39 bits per heavy atom. The van der Waals surface area contributed by atoms with Gasteiger partial charge in [0.15, 0.2) is 0 Å². The summed E-state index contributed by atoms with van der Waals surface area (Å²) in [5.74, 6) is 0.403. The van der Waals surface area contributed by atoms with Gasteiger partial charge in [-0.25, -0.2) is 0 Å². The lowest BCUT2D eigenvalue weighted by Gasteiger charge is -2.31. The lowest BCUT2D eigenvalue weighted by Crippen LogP contribution is -2.43. The molecule has 1 aliphatic rings. The van der Waals surface area contributed by atoms with E-state index in [1.807, 2.05) is 0 Å². The number of nitrogens with zero attached hydrogens (tertiary/aromatic N) is 1. The molecule has 1 atom stereocenters. The topological polar surface area (TPSA) is 52.6 Å². The van der Waals surface area contributed by atoms with E-state index in [0.29, 0.717) is 0 Å². The summed E-state index contributed by atoms with van der Waals surface area (Å²) in [5.41, 5.74) is 0. The fourth-order valence-electron chi connectivity index (χ4n) is 2.45. The molecule has 0 saturated carbocycles. The zero-order valence-electron chi connectivity index (χ0n) is 11.7. The summed E-state index contributed by atoms with van der Waals surface area (Å²) < 4.78 is 0. The van der Waals surface area contributed by atoms with Crippen molar-refractivity contribution in [2.45, 2.75) is 45.4 Å². The zero-order valence-corrected chi connectivity index (χ0v) is 11.7. The molecule has 1 aliphatic heterocycles. The van der Waals surface area contributed by atoms with Crippen molar-refractivity contribution >= 4 is 5.91 Å². The van der Waals surface area contributed by atoms with E-state index in [2.05, 4.69) is 17.1 Å². The number of amides is 1. The number of hydrogen-bond acceptors (Lipinski definition) is 3. The van der Waals surface area contributed by atoms with Crippen LogP contribution in [0.15, 0.2) is 0 Å². The summed E-state index contributed by atoms with van der Waals surface area (Å²) in [7, 11) is 0. The number of rotatable bonds is 8. The van der Waals surface area contributed by atoms with E-state index >= 15 is 0 Å². The van der Waals surface area contributed by atoms with Crippen LogP contribution in [0.5, 0.6) is 0 Å². The van der Waals surface area contributed by atoms with E-state index in [4.69, 9.17) is 5.11 Å². The summed E-state index contributed by atoms with van der Waals surface area (Å²) in [6, 6.07) is 0. The molecule has 1 unspecified atom stereocenters. The van der Waals surface area contributed by atoms with Crippen molar-refractivity contribution in [3.8, 4) is 0 Å². The highest BCUT2D eigenvalue weighted by Gasteiger charge is 2.24. The van der Waals surface area contributed by atoms with Crippen molar-refractivity contribution in [2.75, 3.05) is 32.8 Å². The second kappa shape index (κ2) is 9.34. The first-order chi connectivity index (χ1) is 8.77. The van der Waals surface area contributed by atoms with E-state index < -0.39 is 0 Å². The number of likely N-dealkylation sites (tertiary alicyclic amines) is 1. The predicted molar refractivity (Wildman–Crippen MR) is 73.4 cm³/mol. The molecule has 0 aromatic heterocycles. The van der Waals surface area contributed by atoms with Gasteiger partial charge >= 0.3 is 0 Å². The molecule has 18 heavy (non-hydrogen) atoms. The first-order valence-corrected chi connectivity index (χ1v) is 7.38. The lowest BCUT2D eigenvalue weighted by atomic mass is 9.97. The molecule has 106 valence electrons. The quantitative estimate of drug-likeness (QED) is 0.645. The van der Waals surface area contributed by atoms with E-state index in [1.54, 1.807) is 0 Å². The lowest BCUT2D eigenvalue weighted by molar-refractivity contribution is -0.126. The van der Waals surface area contributed by atoms with Gasteiger partial charge in [0.1, 0.15) is 0 Å². The number of aliphatic hydroxyl groups excluding tert-OH is 1. The molecular weight excluding hydrogens is 228 g/mol. The Morgan fingerprint density at radius 3 is 2.94 bits per heavy atom. The maximum atomic E-state index is 12.0. The first-order valence-electron chi connectivity index (χ1n) is 7.38. The molecule has 1 rings (SSSR count). The van der Waals surface area contributed by atoms with Crippen LogP contribution in [-0.2, 0) is 4.79 Å². The second-order valence-corrected chi connectivity index (χ2v) is 5.22. The Labute approximate surface area is 111 Å². The van der Waals surface area contributed by atoms with Crippen LogP contribution in [0.3, 0.4) is 0 Å². The van der Waals surface area contributed by atoms with Crippen molar-refractivity contribution in [1.29, 1.82) is 0 Å². The van der Waals surface area contributed by atoms with Crippen LogP contribution < -0.4 is 5.32 Å². The van der Waals surface area contributed by atoms with Gasteiger partial charge < -0.3 is 15.3 Å². The van der Waals surface area contributed by atoms with Gasteiger partial charge in [-0.2, -0.15) is 0 Å². The van der Waals surface area contributed by atoms with Crippen LogP contribution in [-0.4, -0.2) is 48.7 Å². The summed E-state index contributed by atoms with van der Waals surface area (Å²) in [6.07, 6.45) is 6.22. The number of carbonyl (C=O) groups is 1. The molecule has 1 heterocycles. The molecule has 4 heteroatoms. The average Bonchev–Trinajstić information content (AvgIpc) is 2.39. The van der Waals surface area contributed by atoms with Gasteiger partial charge in [0.2, 0.25) is 5.91 Å². The van der Waals surface area contributed by atoms with Gasteiger partial charge in [-0.15, -0.1) is 0 Å². The van der Waals surface area contributed by atoms with Gasteiger partial charge in [-0.1, -0.05) is 13.3 Å². The SMILES string of the molecule is CCCCNC(=O)C1CCCN(CCCCO)C1. The maximum absolute atomic E-state index is 12.0. The minimum atomic E-state index is 0.171. The van der Waals surface area contributed by atoms with Crippen LogP contribution in [0, 0.1) is 5.92 Å². The Hall–Kier alpha value is -0.610. The predicted octanol–water partition coefficient (Wildman–Crippen LogP) is 1.39. The second-order valence-electron chi connectivity index (χ2n) is 5.22. The number of unbranched alkanes of at least 4 members (excludes halogenated alkanes) is 2. The molecule has 0 aromatic rings. The van der Waals surface area contributed by atoms with Crippen molar-refractivity contribution in [3.63, 3.8) is 0 Å². The third kappa shape index (κ3) is 5.83. The largest absolute Gasteiger partial charge is 0.396 e. The van der Waals surface area contributed by atoms with Crippen molar-refractivity contribution in [1.82, 2.24) is 10.2 Å². The Kier molecular flexibility index (Phi) is 8.01. The molecule has 0 spiro atoms. The Morgan fingerprint density at radius 2 is 2.22 bits per heavy atom. The monoisotopic (exact) mass is 256 g/mol. The highest BCUT2D eigenvalue weighted by molar-refractivity contribution is 5.78. The molecule has 2 N–H and O–H groups in total. The minimum absolute atomic E-state index is 0.171. The van der Waals surface area contributed by atoms with E-state index in [-0.39, 0.29) is 18.4 Å². The van der Waals surface area contributed by atoms with Gasteiger partial charge in [-0.05, 0) is 45.2 Å². The summed E-state index contributed by atoms with van der Waals surface area (Å²) in [4.78, 5) is 14.3. The Balaban J connectivity index is 2.22. The van der Waals surface area contributed by atoms with Crippen LogP contribution >= 0.6 is 0 Å². The standard InChI is InChI=1S/C14H28N2O2/c1-2-3-8-15-14(18)13-7-6-10-16(12-13)9-4-5-11-17/h13,17H,2-12H2,1H3,(H,15,18). The Bertz CT molecular complexity index is 234. The summed E-state index contributed by atoms with van der Waals surface area (Å²) in [5, 5.41) is 11.8. The van der Waals surface area contributed by atoms with Crippen molar-refractivity contribution in [3.05, 3.63) is 0 Å². The smallest absolute Gasteiger partial charge is 0.224 e. The average molecular weight is 256 g/mol. The molecule has 4 nitrogen and oxygen atoms in total. The summed E-state index contributed by atoms with van der Waals surface area (Å²) in [6.45, 7) is 6.23. The van der Waals surface area contributed by atoms with Crippen LogP contribution in [0.2, 0.25) is 0 Å². The van der Waals surface area contributed by atoms with E-state index in [0.717, 1.165) is 64.7 Å². The molecule has 0 aliphatic carbocycles. The van der Waals surface area contributed by atoms with Crippen LogP contribution in [0.4, 0.5) is 0 Å². The highest BCUT2D eigenvalue weighted by atomic mass is 16.2. The molecule has 1 saturated heterocycles. The highest BCUT2D eigenvalue weighted by Crippen LogP contribution is 2.17. The molecule has 0 bridgehead atoms. The zero-order chi connectivity index (χ0) is 13.2. The van der Waals surface area contributed by atoms with Gasteiger partial charge in [-0.3, -0.25) is 4.79 Å². The van der Waals surface area contributed by atoms with Gasteiger partial charge in [0, 0.05) is 19.7 Å². The molecule has 0 radical (unpaired) electrons. The number of hydrogen-bond donors (Lipinski definition) is 2. The van der Waals surface area contributed by atoms with Crippen molar-refractivity contribution in [2.24, 2.45) is 5.92 Å². The normalized spacial score (nSPS) is 20.9. The maximum Gasteiger partial charge on any atom is 0.224 e. The van der Waals surface area contributed by atoms with Crippen LogP contribution in [0.25, 0.3) is 0 Å². The summed E-state index contributed by atoms with van der Waals surface area (Å²) >= 11 is 0. The third-order valence-electron chi connectivity index (χ3n) is 3.59. The van der Waals surface area contributed by atoms with Crippen LogP contribution in [0.1, 0.15) is 45.4 Å². The van der Waals surface area contributed by atoms with Crippen molar-refractivity contribution < 1.29 is 9.90 Å². The number of aliphatic hydroxyl groups is 1. The number of carbonyl (C=O) groups excluding carboxylic acids is 1. The molecule has 1 fully saturated rings. The van der Waals surface area contributed by atoms with E-state index in [9.17, 15) is 4.79 Å². The first kappa shape index (κ1) is 15.4. The molecule has 0 aromatic carbocycles. The minimum Gasteiger partial charge on any atom is -0.396 e. The molecule has 1 amide bonds. The van der Waals surface area contributed by atoms with Gasteiger partial charge in [0.25, 0.3) is 0 Å². The third-order valence-corrected chi connectivity index (χ3v) is 3.59. The molecular formula is C14H28N2O2. The fraction of sp³-hybridized carbons (Fsp3) is 0.929. The van der Waals surface area contributed by atoms with Gasteiger partial charge in [0.05, 0.1) is 5.92 Å². The fourth-order valence-corrected chi connectivity index (χ4v) is 2.45.